The fourth-order valence-electron chi connectivity index (χ4n) is 5.90. The SMILES string of the molecule is CC#N.CS(=O)c1c(C#N)nn(-c2c(Cl)cc(C(F)(F)F)cc2Cl)c1N.CSc1c(C#N)nn(-c2c(Cl)cc(C(F)(F)F)cc2Cl)c1N.I.II.O=C1CCCCC1.OOC1(OO)CCCCC1. The van der Waals surface area contributed by atoms with Gasteiger partial charge in [0.05, 0.1) is 53.0 Å². The lowest BCUT2D eigenvalue weighted by Crippen LogP contribution is -2.36. The zero-order valence-electron chi connectivity index (χ0n) is 35.5. The number of benzene rings is 2. The first kappa shape index (κ1) is 65.9. The monoisotopic (exact) mass is 1420 g/mol. The number of alkyl halides is 6. The van der Waals surface area contributed by atoms with E-state index < -0.39 is 40.1 Å². The number of aromatic nitrogens is 4. The maximum atomic E-state index is 12.7. The molecule has 6 N–H and O–H groups in total. The van der Waals surface area contributed by atoms with Gasteiger partial charge in [-0.2, -0.15) is 52.3 Å². The molecular formula is C38H40Cl4F6I3N9O6S2. The molecule has 1 atom stereocenters. The zero-order valence-corrected chi connectivity index (χ0v) is 46.8. The summed E-state index contributed by atoms with van der Waals surface area (Å²) in [6.45, 7) is 1.43. The van der Waals surface area contributed by atoms with Crippen molar-refractivity contribution in [1.82, 2.24) is 19.6 Å². The van der Waals surface area contributed by atoms with Crippen molar-refractivity contribution in [2.45, 2.75) is 99.1 Å². The fraction of sp³-hybridized carbons (Fsp3) is 0.421. The first-order valence-corrected chi connectivity index (χ1v) is 29.2. The molecule has 30 heteroatoms. The van der Waals surface area contributed by atoms with Crippen LogP contribution >= 0.6 is 119 Å². The van der Waals surface area contributed by atoms with Crippen LogP contribution in [0.1, 0.15) is 93.6 Å². The highest BCUT2D eigenvalue weighted by atomic mass is 128. The fourth-order valence-corrected chi connectivity index (χ4v) is 8.51. The topological polar surface area (TPSA) is 252 Å². The minimum Gasteiger partial charge on any atom is -0.383 e. The van der Waals surface area contributed by atoms with Crippen LogP contribution in [0.4, 0.5) is 38.0 Å². The molecule has 2 aliphatic carbocycles. The summed E-state index contributed by atoms with van der Waals surface area (Å²) in [4.78, 5) is 18.9. The molecule has 2 aromatic carbocycles. The molecule has 6 rings (SSSR count). The number of anilines is 2. The number of hydrogen-bond donors (Lipinski definition) is 4. The Labute approximate surface area is 453 Å². The molecule has 2 aromatic heterocycles. The van der Waals surface area contributed by atoms with Crippen molar-refractivity contribution in [3.05, 3.63) is 66.9 Å². The number of nitrogens with two attached hydrogens (primary N) is 2. The number of nitriles is 3. The second-order valence-electron chi connectivity index (χ2n) is 13.4. The number of ketones is 1. The highest BCUT2D eigenvalue weighted by Crippen LogP contribution is 2.41. The first-order valence-electron chi connectivity index (χ1n) is 18.6. The minimum absolute atomic E-state index is 0. The number of halogens is 13. The average Bonchev–Trinajstić information content (AvgIpc) is 3.79. The number of Topliss-reactive ketones (excluding diaryl/α,β-unsaturated/α-hetero) is 1. The third-order valence-electron chi connectivity index (χ3n) is 8.93. The number of rotatable bonds is 6. The van der Waals surface area contributed by atoms with Crippen molar-refractivity contribution in [2.75, 3.05) is 24.0 Å². The highest BCUT2D eigenvalue weighted by Gasteiger charge is 2.36. The van der Waals surface area contributed by atoms with E-state index in [1.807, 2.05) is 6.07 Å². The first-order chi connectivity index (χ1) is 31.4. The van der Waals surface area contributed by atoms with E-state index in [9.17, 15) is 35.3 Å². The molecule has 0 saturated heterocycles. The van der Waals surface area contributed by atoms with E-state index in [4.69, 9.17) is 84.2 Å². The van der Waals surface area contributed by atoms with Gasteiger partial charge in [0, 0.05) is 76.1 Å². The third kappa shape index (κ3) is 18.8. The number of nitrogen functional groups attached to an aromatic ring is 2. The summed E-state index contributed by atoms with van der Waals surface area (Å²) in [6.07, 6.45) is 3.06. The van der Waals surface area contributed by atoms with Gasteiger partial charge in [0.15, 0.2) is 11.4 Å². The summed E-state index contributed by atoms with van der Waals surface area (Å²) in [7, 11) is -1.63. The van der Waals surface area contributed by atoms with E-state index in [1.165, 1.54) is 31.4 Å². The minimum atomic E-state index is -4.63. The van der Waals surface area contributed by atoms with Gasteiger partial charge in [0.1, 0.15) is 45.8 Å². The van der Waals surface area contributed by atoms with Crippen LogP contribution < -0.4 is 11.5 Å². The van der Waals surface area contributed by atoms with Crippen LogP contribution in [-0.4, -0.2) is 58.4 Å². The molecule has 2 heterocycles. The molecule has 0 aliphatic heterocycles. The van der Waals surface area contributed by atoms with Gasteiger partial charge in [0.2, 0.25) is 5.79 Å². The second kappa shape index (κ2) is 31.4. The van der Waals surface area contributed by atoms with Gasteiger partial charge >= 0.3 is 12.4 Å². The standard InChI is InChI=1S/C12H7Cl2F3N4OS.C12H7Cl2F3N4S.C6H12O4.C6H10O.C2H3N.I2.HI/c1-23(22)10-8(4-18)20-21(11(10)19)9-6(13)2-5(3-7(9)14)12(15,16)17;1-22-10-8(4-18)20-21(11(10)19)9-6(13)2-5(3-7(9)14)12(15,16)17;7-9-6(10-8)4-2-1-3-5-6;7-6-4-2-1-3-5-6;1-2-3;1-2;/h2-3H,19H2,1H3;2-3H,19H2,1H3;7-8H,1-5H2;1-5H2;1H3;;1H. The Morgan fingerprint density at radius 3 is 1.37 bits per heavy atom. The Balaban J connectivity index is 0.000000916. The normalized spacial score (nSPS) is 14.2. The molecule has 2 aliphatic rings. The molecule has 2 fully saturated rings. The molecule has 15 nitrogen and oxygen atoms in total. The summed E-state index contributed by atoms with van der Waals surface area (Å²) >= 11 is 29.0. The van der Waals surface area contributed by atoms with Crippen molar-refractivity contribution >= 4 is 148 Å². The second-order valence-corrected chi connectivity index (χ2v) is 17.1. The molecule has 0 spiro atoms. The Kier molecular flexibility index (Phi) is 30.4. The van der Waals surface area contributed by atoms with E-state index in [-0.39, 0.29) is 83.4 Å². The van der Waals surface area contributed by atoms with Gasteiger partial charge in [-0.3, -0.25) is 9.00 Å². The maximum absolute atomic E-state index is 12.7. The van der Waals surface area contributed by atoms with Crippen molar-refractivity contribution in [3.63, 3.8) is 0 Å². The molecule has 0 radical (unpaired) electrons. The largest absolute Gasteiger partial charge is 0.416 e. The maximum Gasteiger partial charge on any atom is 0.416 e. The van der Waals surface area contributed by atoms with Crippen LogP contribution in [0.5, 0.6) is 0 Å². The molecule has 4 aromatic rings. The van der Waals surface area contributed by atoms with E-state index in [2.05, 4.69) is 57.2 Å². The predicted molar refractivity (Wildman–Crippen MR) is 276 cm³/mol. The lowest BCUT2D eigenvalue weighted by Gasteiger charge is -2.29. The lowest BCUT2D eigenvalue weighted by atomic mass is 9.95. The van der Waals surface area contributed by atoms with Crippen LogP contribution in [0.2, 0.25) is 20.1 Å². The predicted octanol–water partition coefficient (Wildman–Crippen LogP) is 13.8. The molecule has 0 bridgehead atoms. The Bertz CT molecular complexity index is 2400. The Morgan fingerprint density at radius 2 is 1.12 bits per heavy atom. The van der Waals surface area contributed by atoms with Crippen molar-refractivity contribution in [1.29, 1.82) is 15.8 Å². The van der Waals surface area contributed by atoms with Gasteiger partial charge in [-0.05, 0) is 56.2 Å². The van der Waals surface area contributed by atoms with Crippen molar-refractivity contribution in [3.8, 4) is 29.6 Å². The zero-order chi connectivity index (χ0) is 51.4. The molecule has 68 heavy (non-hydrogen) atoms. The van der Waals surface area contributed by atoms with Gasteiger partial charge in [-0.1, -0.05) is 59.2 Å². The summed E-state index contributed by atoms with van der Waals surface area (Å²) in [5.74, 6) is -0.775. The summed E-state index contributed by atoms with van der Waals surface area (Å²) in [6, 6.07) is 8.11. The molecule has 0 amide bonds. The summed E-state index contributed by atoms with van der Waals surface area (Å²) in [5, 5.41) is 48.5. The molecular weight excluding hydrogens is 1380 g/mol. The summed E-state index contributed by atoms with van der Waals surface area (Å²) in [5.41, 5.74) is 9.31. The smallest absolute Gasteiger partial charge is 0.383 e. The molecule has 2 saturated carbocycles. The van der Waals surface area contributed by atoms with E-state index in [0.29, 0.717) is 35.7 Å². The number of nitrogens with zero attached hydrogens (tertiary/aromatic N) is 7. The van der Waals surface area contributed by atoms with Crippen molar-refractivity contribution in [2.24, 2.45) is 0 Å². The third-order valence-corrected chi connectivity index (χ3v) is 11.9. The molecule has 1 unspecified atom stereocenters. The number of carbonyl (C=O) groups excluding carboxylic acids is 1. The number of hydrogen-bond acceptors (Lipinski definition) is 14. The van der Waals surface area contributed by atoms with E-state index >= 15 is 0 Å². The van der Waals surface area contributed by atoms with Crippen molar-refractivity contribution < 1.29 is 55.6 Å². The quantitative estimate of drug-likeness (QED) is 0.0350. The average molecular weight is 1420 g/mol. The van der Waals surface area contributed by atoms with E-state index in [0.717, 1.165) is 66.4 Å². The van der Waals surface area contributed by atoms with Gasteiger partial charge < -0.3 is 11.5 Å². The van der Waals surface area contributed by atoms with Crippen LogP contribution in [0.3, 0.4) is 0 Å². The van der Waals surface area contributed by atoms with Gasteiger partial charge in [0.25, 0.3) is 0 Å². The van der Waals surface area contributed by atoms with Crippen LogP contribution in [-0.2, 0) is 37.7 Å². The number of carbonyl (C=O) groups is 1. The lowest BCUT2D eigenvalue weighted by molar-refractivity contribution is -0.492. The Hall–Kier alpha value is -2.13. The molecule has 376 valence electrons. The van der Waals surface area contributed by atoms with Crippen LogP contribution in [0.25, 0.3) is 11.4 Å². The Morgan fingerprint density at radius 1 is 0.765 bits per heavy atom. The van der Waals surface area contributed by atoms with Crippen LogP contribution in [0.15, 0.2) is 34.1 Å². The summed E-state index contributed by atoms with van der Waals surface area (Å²) < 4.78 is 90.0. The van der Waals surface area contributed by atoms with Crippen LogP contribution in [0, 0.1) is 34.0 Å². The number of thioether (sulfide) groups is 1. The van der Waals surface area contributed by atoms with Gasteiger partial charge in [-0.25, -0.2) is 29.7 Å². The van der Waals surface area contributed by atoms with Gasteiger partial charge in [-0.15, -0.1) is 35.7 Å². The highest BCUT2D eigenvalue weighted by molar-refractivity contribution is 15.0. The van der Waals surface area contributed by atoms with E-state index in [1.54, 1.807) is 18.4 Å².